The van der Waals surface area contributed by atoms with E-state index >= 15 is 0 Å². The predicted molar refractivity (Wildman–Crippen MR) is 81.7 cm³/mol. The molecule has 0 aromatic heterocycles. The highest BCUT2D eigenvalue weighted by Crippen LogP contribution is 2.27. The lowest BCUT2D eigenvalue weighted by molar-refractivity contribution is 0.873. The topological polar surface area (TPSA) is 12.0 Å². The van der Waals surface area contributed by atoms with E-state index in [0.29, 0.717) is 6.04 Å². The Morgan fingerprint density at radius 2 is 1.79 bits per heavy atom. The molecule has 1 aliphatic rings. The summed E-state index contributed by atoms with van der Waals surface area (Å²) in [6, 6.07) is 15.8. The summed E-state index contributed by atoms with van der Waals surface area (Å²) in [7, 11) is 0. The lowest BCUT2D eigenvalue weighted by atomic mass is 10.0. The van der Waals surface area contributed by atoms with Crippen LogP contribution in [0.25, 0.3) is 0 Å². The maximum atomic E-state index is 3.63. The van der Waals surface area contributed by atoms with Crippen molar-refractivity contribution in [2.75, 3.05) is 5.32 Å². The maximum absolute atomic E-state index is 3.63. The molecule has 0 spiro atoms. The molecule has 0 aliphatic heterocycles. The highest BCUT2D eigenvalue weighted by molar-refractivity contribution is 5.51. The van der Waals surface area contributed by atoms with E-state index in [1.165, 1.54) is 47.2 Å². The molecule has 2 aromatic rings. The van der Waals surface area contributed by atoms with Crippen molar-refractivity contribution in [2.24, 2.45) is 0 Å². The Balaban J connectivity index is 1.80. The summed E-state index contributed by atoms with van der Waals surface area (Å²) in [6.45, 7) is 4.41. The van der Waals surface area contributed by atoms with Gasteiger partial charge in [0.25, 0.3) is 0 Å². The molecule has 0 saturated heterocycles. The first-order valence-corrected chi connectivity index (χ1v) is 7.18. The van der Waals surface area contributed by atoms with E-state index in [1.807, 2.05) is 0 Å². The molecule has 98 valence electrons. The molecule has 0 amide bonds. The Bertz CT molecular complexity index is 586. The maximum Gasteiger partial charge on any atom is 0.0488 e. The zero-order chi connectivity index (χ0) is 13.2. The van der Waals surface area contributed by atoms with Crippen LogP contribution in [0.4, 0.5) is 5.69 Å². The molecule has 0 saturated carbocycles. The molecule has 0 radical (unpaired) electrons. The second kappa shape index (κ2) is 5.08. The van der Waals surface area contributed by atoms with Gasteiger partial charge in [0.1, 0.15) is 0 Å². The second-order valence-corrected chi connectivity index (χ2v) is 5.56. The number of hydrogen-bond acceptors (Lipinski definition) is 1. The van der Waals surface area contributed by atoms with Gasteiger partial charge < -0.3 is 5.32 Å². The first-order valence-electron chi connectivity index (χ1n) is 7.18. The van der Waals surface area contributed by atoms with Gasteiger partial charge in [0.05, 0.1) is 0 Å². The van der Waals surface area contributed by atoms with Crippen molar-refractivity contribution in [3.8, 4) is 0 Å². The average Bonchev–Trinajstić information content (AvgIpc) is 2.86. The SMILES string of the molecule is Cc1ccccc1C(C)Nc1ccc2c(c1)CCC2. The number of anilines is 1. The number of rotatable bonds is 3. The zero-order valence-electron chi connectivity index (χ0n) is 11.7. The molecular formula is C18H21N. The minimum absolute atomic E-state index is 0.348. The highest BCUT2D eigenvalue weighted by Gasteiger charge is 2.12. The van der Waals surface area contributed by atoms with Crippen LogP contribution in [0.5, 0.6) is 0 Å². The van der Waals surface area contributed by atoms with Crippen LogP contribution < -0.4 is 5.32 Å². The van der Waals surface area contributed by atoms with Gasteiger partial charge in [0.2, 0.25) is 0 Å². The molecule has 0 fully saturated rings. The Labute approximate surface area is 115 Å². The van der Waals surface area contributed by atoms with Crippen molar-refractivity contribution in [1.82, 2.24) is 0 Å². The van der Waals surface area contributed by atoms with Crippen molar-refractivity contribution < 1.29 is 0 Å². The van der Waals surface area contributed by atoms with Gasteiger partial charge in [-0.05, 0) is 67.5 Å². The lowest BCUT2D eigenvalue weighted by Crippen LogP contribution is -2.08. The van der Waals surface area contributed by atoms with Gasteiger partial charge in [-0.2, -0.15) is 0 Å². The lowest BCUT2D eigenvalue weighted by Gasteiger charge is -2.18. The minimum atomic E-state index is 0.348. The molecule has 2 aromatic carbocycles. The van der Waals surface area contributed by atoms with E-state index in [1.54, 1.807) is 0 Å². The van der Waals surface area contributed by atoms with Crippen LogP contribution in [-0.2, 0) is 12.8 Å². The standard InChI is InChI=1S/C18H21N/c1-13-6-3-4-9-18(13)14(2)19-17-11-10-15-7-5-8-16(15)12-17/h3-4,6,9-12,14,19H,5,7-8H2,1-2H3. The van der Waals surface area contributed by atoms with Gasteiger partial charge >= 0.3 is 0 Å². The van der Waals surface area contributed by atoms with Gasteiger partial charge in [-0.1, -0.05) is 30.3 Å². The van der Waals surface area contributed by atoms with Crippen LogP contribution in [0.2, 0.25) is 0 Å². The quantitative estimate of drug-likeness (QED) is 0.836. The third-order valence-electron chi connectivity index (χ3n) is 4.14. The minimum Gasteiger partial charge on any atom is -0.379 e. The smallest absolute Gasteiger partial charge is 0.0488 e. The third kappa shape index (κ3) is 2.51. The van der Waals surface area contributed by atoms with Crippen LogP contribution in [-0.4, -0.2) is 0 Å². The molecule has 1 N–H and O–H groups in total. The number of benzene rings is 2. The number of fused-ring (bicyclic) bond motifs is 1. The Morgan fingerprint density at radius 3 is 2.63 bits per heavy atom. The molecule has 1 aliphatic carbocycles. The summed E-state index contributed by atoms with van der Waals surface area (Å²) >= 11 is 0. The van der Waals surface area contributed by atoms with Crippen molar-refractivity contribution in [3.05, 3.63) is 64.7 Å². The molecule has 1 nitrogen and oxygen atoms in total. The number of hydrogen-bond donors (Lipinski definition) is 1. The monoisotopic (exact) mass is 251 g/mol. The Hall–Kier alpha value is -1.76. The van der Waals surface area contributed by atoms with Gasteiger partial charge in [-0.15, -0.1) is 0 Å². The van der Waals surface area contributed by atoms with Crippen LogP contribution >= 0.6 is 0 Å². The van der Waals surface area contributed by atoms with E-state index in [4.69, 9.17) is 0 Å². The summed E-state index contributed by atoms with van der Waals surface area (Å²) in [6.07, 6.45) is 3.80. The second-order valence-electron chi connectivity index (χ2n) is 5.56. The summed E-state index contributed by atoms with van der Waals surface area (Å²) in [5, 5.41) is 3.63. The van der Waals surface area contributed by atoms with Crippen LogP contribution in [0.15, 0.2) is 42.5 Å². The molecule has 1 unspecified atom stereocenters. The molecule has 1 atom stereocenters. The van der Waals surface area contributed by atoms with Gasteiger partial charge in [-0.25, -0.2) is 0 Å². The fourth-order valence-electron chi connectivity index (χ4n) is 3.06. The van der Waals surface area contributed by atoms with E-state index in [0.717, 1.165) is 0 Å². The molecule has 1 heteroatoms. The average molecular weight is 251 g/mol. The van der Waals surface area contributed by atoms with E-state index < -0.39 is 0 Å². The summed E-state index contributed by atoms with van der Waals surface area (Å²) < 4.78 is 0. The molecular weight excluding hydrogens is 230 g/mol. The fourth-order valence-corrected chi connectivity index (χ4v) is 3.06. The highest BCUT2D eigenvalue weighted by atomic mass is 14.9. The van der Waals surface area contributed by atoms with Gasteiger partial charge in [0, 0.05) is 11.7 Å². The van der Waals surface area contributed by atoms with E-state index in [9.17, 15) is 0 Å². The van der Waals surface area contributed by atoms with E-state index in [2.05, 4.69) is 61.6 Å². The number of nitrogens with one attached hydrogen (secondary N) is 1. The first-order chi connectivity index (χ1) is 9.24. The molecule has 0 bridgehead atoms. The Kier molecular flexibility index (Phi) is 3.29. The number of aryl methyl sites for hydroxylation is 3. The molecule has 0 heterocycles. The van der Waals surface area contributed by atoms with Crippen molar-refractivity contribution >= 4 is 5.69 Å². The molecule has 3 rings (SSSR count). The fraction of sp³-hybridized carbons (Fsp3) is 0.333. The van der Waals surface area contributed by atoms with Crippen molar-refractivity contribution in [2.45, 2.75) is 39.2 Å². The van der Waals surface area contributed by atoms with Crippen molar-refractivity contribution in [1.29, 1.82) is 0 Å². The third-order valence-corrected chi connectivity index (χ3v) is 4.14. The van der Waals surface area contributed by atoms with Crippen molar-refractivity contribution in [3.63, 3.8) is 0 Å². The van der Waals surface area contributed by atoms with Crippen LogP contribution in [0.1, 0.15) is 41.6 Å². The van der Waals surface area contributed by atoms with Gasteiger partial charge in [-0.3, -0.25) is 0 Å². The predicted octanol–water partition coefficient (Wildman–Crippen LogP) is 4.66. The molecule has 19 heavy (non-hydrogen) atoms. The van der Waals surface area contributed by atoms with Crippen LogP contribution in [0, 0.1) is 6.92 Å². The summed E-state index contributed by atoms with van der Waals surface area (Å²) in [5.41, 5.74) is 7.04. The van der Waals surface area contributed by atoms with Gasteiger partial charge in [0.15, 0.2) is 0 Å². The Morgan fingerprint density at radius 1 is 1.00 bits per heavy atom. The van der Waals surface area contributed by atoms with Crippen LogP contribution in [0.3, 0.4) is 0 Å². The zero-order valence-corrected chi connectivity index (χ0v) is 11.7. The normalized spacial score (nSPS) is 15.1. The summed E-state index contributed by atoms with van der Waals surface area (Å²) in [5.74, 6) is 0. The largest absolute Gasteiger partial charge is 0.379 e. The summed E-state index contributed by atoms with van der Waals surface area (Å²) in [4.78, 5) is 0. The van der Waals surface area contributed by atoms with E-state index in [-0.39, 0.29) is 0 Å². The first kappa shape index (κ1) is 12.3.